The van der Waals surface area contributed by atoms with E-state index in [1.54, 1.807) is 0 Å². The molecule has 0 amide bonds. The predicted molar refractivity (Wildman–Crippen MR) is 88.3 cm³/mol. The third kappa shape index (κ3) is 4.07. The maximum absolute atomic E-state index is 4.72. The van der Waals surface area contributed by atoms with Crippen LogP contribution >= 0.6 is 0 Å². The van der Waals surface area contributed by atoms with E-state index in [4.69, 9.17) is 5.10 Å². The summed E-state index contributed by atoms with van der Waals surface area (Å²) < 4.78 is 2.05. The highest BCUT2D eigenvalue weighted by Gasteiger charge is 2.38. The van der Waals surface area contributed by atoms with Crippen molar-refractivity contribution in [3.05, 3.63) is 18.0 Å². The molecule has 0 aromatic carbocycles. The van der Waals surface area contributed by atoms with Crippen LogP contribution in [-0.4, -0.2) is 39.4 Å². The lowest BCUT2D eigenvalue weighted by atomic mass is 9.82. The Balaban J connectivity index is 2.15. The summed E-state index contributed by atoms with van der Waals surface area (Å²) >= 11 is 0. The van der Waals surface area contributed by atoms with Crippen LogP contribution in [0.2, 0.25) is 0 Å². The minimum Gasteiger partial charge on any atom is -0.309 e. The number of hydrogen-bond acceptors (Lipinski definition) is 3. The molecule has 1 saturated heterocycles. The SMILES string of the molecule is CC(C)n1ccc(CN2CC(C)(C)NCC2C(C)(C)C)n1. The van der Waals surface area contributed by atoms with E-state index in [2.05, 4.69) is 75.6 Å². The van der Waals surface area contributed by atoms with Crippen LogP contribution < -0.4 is 5.32 Å². The lowest BCUT2D eigenvalue weighted by Crippen LogP contribution is -2.64. The van der Waals surface area contributed by atoms with E-state index < -0.39 is 0 Å². The van der Waals surface area contributed by atoms with Crippen LogP contribution in [0.3, 0.4) is 0 Å². The van der Waals surface area contributed by atoms with Gasteiger partial charge >= 0.3 is 0 Å². The maximum atomic E-state index is 4.72. The van der Waals surface area contributed by atoms with Gasteiger partial charge in [-0.1, -0.05) is 20.8 Å². The molecule has 0 saturated carbocycles. The minimum absolute atomic E-state index is 0.169. The van der Waals surface area contributed by atoms with Crippen LogP contribution in [0.4, 0.5) is 0 Å². The second kappa shape index (κ2) is 5.73. The molecule has 1 fully saturated rings. The van der Waals surface area contributed by atoms with Gasteiger partial charge in [-0.15, -0.1) is 0 Å². The Hall–Kier alpha value is -0.870. The fourth-order valence-corrected chi connectivity index (χ4v) is 3.15. The Labute approximate surface area is 129 Å². The summed E-state index contributed by atoms with van der Waals surface area (Å²) in [6, 6.07) is 3.13. The van der Waals surface area contributed by atoms with Gasteiger partial charge in [0.2, 0.25) is 0 Å². The number of nitrogens with zero attached hydrogens (tertiary/aromatic N) is 3. The monoisotopic (exact) mass is 292 g/mol. The van der Waals surface area contributed by atoms with Crippen LogP contribution in [0.1, 0.15) is 60.2 Å². The molecule has 0 bridgehead atoms. The quantitative estimate of drug-likeness (QED) is 0.929. The zero-order valence-corrected chi connectivity index (χ0v) is 14.8. The van der Waals surface area contributed by atoms with E-state index >= 15 is 0 Å². The average Bonchev–Trinajstić information content (AvgIpc) is 2.74. The van der Waals surface area contributed by atoms with Crippen molar-refractivity contribution in [2.75, 3.05) is 13.1 Å². The summed E-state index contributed by atoms with van der Waals surface area (Å²) in [6.07, 6.45) is 2.10. The van der Waals surface area contributed by atoms with Gasteiger partial charge in [-0.25, -0.2) is 0 Å². The lowest BCUT2D eigenvalue weighted by Gasteiger charge is -2.49. The standard InChI is InChI=1S/C17H32N4/c1-13(2)21-9-8-14(19-21)11-20-12-17(6,7)18-10-15(20)16(3,4)5/h8-9,13,15,18H,10-12H2,1-7H3. The maximum Gasteiger partial charge on any atom is 0.0765 e. The molecular weight excluding hydrogens is 260 g/mol. The van der Waals surface area contributed by atoms with Crippen molar-refractivity contribution in [2.24, 2.45) is 5.41 Å². The first-order chi connectivity index (χ1) is 9.58. The third-order valence-electron chi connectivity index (χ3n) is 4.37. The zero-order chi connectivity index (χ0) is 15.8. The normalized spacial score (nSPS) is 23.7. The summed E-state index contributed by atoms with van der Waals surface area (Å²) in [7, 11) is 0. The van der Waals surface area contributed by atoms with Gasteiger partial charge in [0.25, 0.3) is 0 Å². The van der Waals surface area contributed by atoms with Crippen molar-refractivity contribution < 1.29 is 0 Å². The number of rotatable bonds is 3. The van der Waals surface area contributed by atoms with Gasteiger partial charge in [0.15, 0.2) is 0 Å². The summed E-state index contributed by atoms with van der Waals surface area (Å²) in [5.41, 5.74) is 1.61. The lowest BCUT2D eigenvalue weighted by molar-refractivity contribution is 0.0262. The van der Waals surface area contributed by atoms with Gasteiger partial charge in [0, 0.05) is 43.5 Å². The van der Waals surface area contributed by atoms with E-state index in [9.17, 15) is 0 Å². The molecule has 21 heavy (non-hydrogen) atoms. The second-order valence-corrected chi connectivity index (χ2v) is 8.43. The number of hydrogen-bond donors (Lipinski definition) is 1. The first-order valence-corrected chi connectivity index (χ1v) is 8.11. The Morgan fingerprint density at radius 2 is 2.05 bits per heavy atom. The van der Waals surface area contributed by atoms with Crippen molar-refractivity contribution >= 4 is 0 Å². The Kier molecular flexibility index (Phi) is 4.50. The fraction of sp³-hybridized carbons (Fsp3) is 0.824. The number of piperazine rings is 1. The minimum atomic E-state index is 0.169. The van der Waals surface area contributed by atoms with Gasteiger partial charge in [-0.2, -0.15) is 5.10 Å². The topological polar surface area (TPSA) is 33.1 Å². The molecule has 1 aliphatic heterocycles. The first-order valence-electron chi connectivity index (χ1n) is 8.11. The fourth-order valence-electron chi connectivity index (χ4n) is 3.15. The largest absolute Gasteiger partial charge is 0.309 e. The molecule has 4 nitrogen and oxygen atoms in total. The smallest absolute Gasteiger partial charge is 0.0765 e. The molecule has 1 unspecified atom stereocenters. The molecule has 0 aliphatic carbocycles. The first kappa shape index (κ1) is 16.5. The van der Waals surface area contributed by atoms with E-state index in [0.717, 1.165) is 19.6 Å². The highest BCUT2D eigenvalue weighted by Crippen LogP contribution is 2.29. The molecule has 1 aromatic heterocycles. The molecule has 2 rings (SSSR count). The van der Waals surface area contributed by atoms with E-state index in [1.807, 2.05) is 0 Å². The van der Waals surface area contributed by atoms with Crippen LogP contribution in [-0.2, 0) is 6.54 Å². The van der Waals surface area contributed by atoms with Crippen molar-refractivity contribution in [2.45, 2.75) is 72.6 Å². The van der Waals surface area contributed by atoms with Crippen LogP contribution in [0.25, 0.3) is 0 Å². The van der Waals surface area contributed by atoms with Crippen LogP contribution in [0.15, 0.2) is 12.3 Å². The molecule has 0 radical (unpaired) electrons. The van der Waals surface area contributed by atoms with Crippen molar-refractivity contribution in [1.29, 1.82) is 0 Å². The molecular formula is C17H32N4. The molecule has 1 aromatic rings. The summed E-state index contributed by atoms with van der Waals surface area (Å²) in [4.78, 5) is 2.60. The number of aromatic nitrogens is 2. The van der Waals surface area contributed by atoms with Gasteiger partial charge in [0.05, 0.1) is 5.69 Å². The van der Waals surface area contributed by atoms with Crippen LogP contribution in [0.5, 0.6) is 0 Å². The van der Waals surface area contributed by atoms with Gasteiger partial charge in [0.1, 0.15) is 0 Å². The van der Waals surface area contributed by atoms with Gasteiger partial charge < -0.3 is 5.32 Å². The molecule has 1 aliphatic rings. The molecule has 2 heterocycles. The van der Waals surface area contributed by atoms with Crippen molar-refractivity contribution in [1.82, 2.24) is 20.0 Å². The van der Waals surface area contributed by atoms with Crippen molar-refractivity contribution in [3.63, 3.8) is 0 Å². The van der Waals surface area contributed by atoms with E-state index in [1.165, 1.54) is 5.69 Å². The highest BCUT2D eigenvalue weighted by molar-refractivity contribution is 5.04. The highest BCUT2D eigenvalue weighted by atomic mass is 15.3. The summed E-state index contributed by atoms with van der Waals surface area (Å²) in [5, 5.41) is 8.41. The average molecular weight is 292 g/mol. The Morgan fingerprint density at radius 3 is 2.57 bits per heavy atom. The Bertz CT molecular complexity index is 467. The predicted octanol–water partition coefficient (Wildman–Crippen LogP) is 3.06. The van der Waals surface area contributed by atoms with Crippen molar-refractivity contribution in [3.8, 4) is 0 Å². The van der Waals surface area contributed by atoms with Gasteiger partial charge in [-0.3, -0.25) is 9.58 Å². The number of nitrogens with one attached hydrogen (secondary N) is 1. The Morgan fingerprint density at radius 1 is 1.38 bits per heavy atom. The molecule has 1 atom stereocenters. The molecule has 1 N–H and O–H groups in total. The second-order valence-electron chi connectivity index (χ2n) is 8.43. The summed E-state index contributed by atoms with van der Waals surface area (Å²) in [5.74, 6) is 0. The van der Waals surface area contributed by atoms with Gasteiger partial charge in [-0.05, 0) is 39.2 Å². The van der Waals surface area contributed by atoms with Crippen LogP contribution in [0, 0.1) is 5.41 Å². The summed E-state index contributed by atoms with van der Waals surface area (Å²) in [6.45, 7) is 18.9. The molecule has 120 valence electrons. The third-order valence-corrected chi connectivity index (χ3v) is 4.37. The molecule has 0 spiro atoms. The van der Waals surface area contributed by atoms with E-state index in [0.29, 0.717) is 12.1 Å². The van der Waals surface area contributed by atoms with E-state index in [-0.39, 0.29) is 11.0 Å². The molecule has 4 heteroatoms. The zero-order valence-electron chi connectivity index (χ0n) is 14.8.